The molecule has 0 radical (unpaired) electrons. The Labute approximate surface area is 179 Å². The molecule has 3 rings (SSSR count). The molecule has 138 valence electrons. The van der Waals surface area contributed by atoms with E-state index in [0.29, 0.717) is 5.41 Å². The van der Waals surface area contributed by atoms with Crippen molar-refractivity contribution in [1.82, 2.24) is 0 Å². The summed E-state index contributed by atoms with van der Waals surface area (Å²) in [6.45, 7) is 17.0. The molecule has 0 saturated carbocycles. The number of rotatable bonds is 4. The Hall–Kier alpha value is 0.627. The fraction of sp³-hybridized carbons (Fsp3) is 0.619. The molecule has 0 aromatic heterocycles. The fourth-order valence-corrected chi connectivity index (χ4v) is 18.4. The van der Waals surface area contributed by atoms with Crippen LogP contribution in [0.15, 0.2) is 40.2 Å². The second kappa shape index (κ2) is 8.33. The molecule has 25 heavy (non-hydrogen) atoms. The Morgan fingerprint density at radius 1 is 1.04 bits per heavy atom. The third-order valence-electron chi connectivity index (χ3n) is 7.25. The molecule has 0 bridgehead atoms. The monoisotopic (exact) mass is 562 g/mol. The van der Waals surface area contributed by atoms with Crippen LogP contribution in [0.1, 0.15) is 61.3 Å². The van der Waals surface area contributed by atoms with Crippen molar-refractivity contribution in [3.63, 3.8) is 0 Å². The molecule has 0 aromatic carbocycles. The summed E-state index contributed by atoms with van der Waals surface area (Å²) in [5, 5.41) is 2.02. The van der Waals surface area contributed by atoms with Gasteiger partial charge < -0.3 is 24.8 Å². The van der Waals surface area contributed by atoms with Crippen LogP contribution in [0.5, 0.6) is 0 Å². The zero-order valence-corrected chi connectivity index (χ0v) is 23.0. The first-order chi connectivity index (χ1) is 10.7. The van der Waals surface area contributed by atoms with Crippen molar-refractivity contribution in [3.8, 4) is 0 Å². The smallest absolute Gasteiger partial charge is 1.00 e. The molecule has 4 heteroatoms. The van der Waals surface area contributed by atoms with E-state index in [9.17, 15) is 0 Å². The third-order valence-corrected chi connectivity index (χ3v) is 21.7. The number of allylic oxidation sites excluding steroid dienone is 8. The van der Waals surface area contributed by atoms with Gasteiger partial charge in [0.25, 0.3) is 0 Å². The SMILES string of the molecule is CC[Si]1(C2=[C]([Hf+2][C]3=C(C)C(C)=C(C)C3(C)C)C(C)=CC2)CCC1.[Cl-].[Cl-]. The summed E-state index contributed by atoms with van der Waals surface area (Å²) in [6, 6.07) is 4.67. The summed E-state index contributed by atoms with van der Waals surface area (Å²) in [4.78, 5) is 0. The summed E-state index contributed by atoms with van der Waals surface area (Å²) in [6.07, 6.45) is 5.41. The first kappa shape index (κ1) is 23.7. The standard InChI is InChI=1S/C11H17Si.C10H15.2ClH.Hf/c1-3-12(7-4-8-12)11-6-5-10(2)9-11;1-7-6-10(4,5)9(3)8(7)2;;;/h5H,3-4,6-8H2,1-2H3;1-5H3;2*1H;/q;;;;+2/p-2. The first-order valence-electron chi connectivity index (χ1n) is 9.32. The van der Waals surface area contributed by atoms with Crippen LogP contribution in [0.25, 0.3) is 0 Å². The molecule has 1 aliphatic heterocycles. The maximum Gasteiger partial charge on any atom is -1.00 e. The van der Waals surface area contributed by atoms with E-state index in [0.717, 1.165) is 0 Å². The van der Waals surface area contributed by atoms with Crippen molar-refractivity contribution >= 4 is 8.07 Å². The van der Waals surface area contributed by atoms with Crippen LogP contribution in [0.2, 0.25) is 18.1 Å². The average molecular weight is 562 g/mol. The van der Waals surface area contributed by atoms with Gasteiger partial charge in [0.2, 0.25) is 0 Å². The Balaban J connectivity index is 0.00000156. The molecule has 0 amide bonds. The number of halogens is 2. The van der Waals surface area contributed by atoms with E-state index in [1.54, 1.807) is 34.4 Å². The molecule has 0 nitrogen and oxygen atoms in total. The Bertz CT molecular complexity index is 670. The van der Waals surface area contributed by atoms with Crippen molar-refractivity contribution in [2.45, 2.75) is 79.4 Å². The average Bonchev–Trinajstić information content (AvgIpc) is 2.88. The molecule has 0 atom stereocenters. The second-order valence-electron chi connectivity index (χ2n) is 8.43. The van der Waals surface area contributed by atoms with E-state index in [1.165, 1.54) is 18.9 Å². The van der Waals surface area contributed by atoms with Crippen molar-refractivity contribution in [2.24, 2.45) is 5.41 Å². The van der Waals surface area contributed by atoms with Crippen molar-refractivity contribution in [1.29, 1.82) is 0 Å². The van der Waals surface area contributed by atoms with Gasteiger partial charge in [0.15, 0.2) is 0 Å². The van der Waals surface area contributed by atoms with Gasteiger partial charge in [-0.15, -0.1) is 0 Å². The Kier molecular flexibility index (Phi) is 7.88. The van der Waals surface area contributed by atoms with E-state index < -0.39 is 31.0 Å². The molecule has 3 aliphatic rings. The zero-order chi connectivity index (χ0) is 17.0. The van der Waals surface area contributed by atoms with Crippen LogP contribution in [0, 0.1) is 5.41 Å². The van der Waals surface area contributed by atoms with E-state index in [2.05, 4.69) is 54.5 Å². The summed E-state index contributed by atoms with van der Waals surface area (Å²) in [5.74, 6) is 0. The summed E-state index contributed by atoms with van der Waals surface area (Å²) < 4.78 is 3.83. The second-order valence-corrected chi connectivity index (χ2v) is 17.8. The topological polar surface area (TPSA) is 0 Å². The van der Waals surface area contributed by atoms with E-state index in [1.807, 2.05) is 11.9 Å². The molecule has 2 aliphatic carbocycles. The van der Waals surface area contributed by atoms with E-state index in [4.69, 9.17) is 0 Å². The minimum absolute atomic E-state index is 0. The molecule has 0 N–H and O–H groups in total. The predicted octanol–water partition coefficient (Wildman–Crippen LogP) is 0.743. The Morgan fingerprint density at radius 3 is 2.04 bits per heavy atom. The van der Waals surface area contributed by atoms with Gasteiger partial charge in [0, 0.05) is 0 Å². The van der Waals surface area contributed by atoms with Gasteiger partial charge in [-0.1, -0.05) is 0 Å². The minimum Gasteiger partial charge on any atom is -1.00 e. The molecular weight excluding hydrogens is 530 g/mol. The van der Waals surface area contributed by atoms with Crippen LogP contribution in [0.4, 0.5) is 0 Å². The Morgan fingerprint density at radius 2 is 1.64 bits per heavy atom. The van der Waals surface area contributed by atoms with Crippen molar-refractivity contribution in [2.75, 3.05) is 0 Å². The fourth-order valence-electron chi connectivity index (χ4n) is 4.79. The quantitative estimate of drug-likeness (QED) is 0.445. The van der Waals surface area contributed by atoms with Gasteiger partial charge >= 0.3 is 156 Å². The molecule has 0 unspecified atom stereocenters. The third kappa shape index (κ3) is 3.67. The van der Waals surface area contributed by atoms with Gasteiger partial charge in [-0.3, -0.25) is 0 Å². The molecular formula is C21H32Cl2HfSi. The largest absolute Gasteiger partial charge is 1.00 e. The van der Waals surface area contributed by atoms with Gasteiger partial charge in [-0.25, -0.2) is 0 Å². The van der Waals surface area contributed by atoms with Crippen molar-refractivity contribution < 1.29 is 47.7 Å². The normalized spacial score (nSPS) is 23.7. The summed E-state index contributed by atoms with van der Waals surface area (Å²) >= 11 is -0.940. The van der Waals surface area contributed by atoms with Gasteiger partial charge in [0.05, 0.1) is 0 Å². The number of hydrogen-bond acceptors (Lipinski definition) is 0. The van der Waals surface area contributed by atoms with Crippen LogP contribution < -0.4 is 24.8 Å². The van der Waals surface area contributed by atoms with Gasteiger partial charge in [-0.05, 0) is 0 Å². The summed E-state index contributed by atoms with van der Waals surface area (Å²) in [5.41, 5.74) is 6.88. The molecule has 1 heterocycles. The molecule has 0 spiro atoms. The van der Waals surface area contributed by atoms with E-state index in [-0.39, 0.29) is 24.8 Å². The van der Waals surface area contributed by atoms with Gasteiger partial charge in [-0.2, -0.15) is 0 Å². The summed E-state index contributed by atoms with van der Waals surface area (Å²) in [7, 11) is -1.02. The minimum atomic E-state index is -1.02. The first-order valence-corrected chi connectivity index (χ1v) is 15.5. The molecule has 0 aromatic rings. The predicted molar refractivity (Wildman–Crippen MR) is 101 cm³/mol. The maximum absolute atomic E-state index is 2.57. The van der Waals surface area contributed by atoms with Crippen molar-refractivity contribution in [3.05, 3.63) is 40.2 Å². The number of hydrogen-bond donors (Lipinski definition) is 0. The maximum atomic E-state index is 2.57. The van der Waals surface area contributed by atoms with Gasteiger partial charge in [0.1, 0.15) is 0 Å². The van der Waals surface area contributed by atoms with Crippen LogP contribution >= 0.6 is 0 Å². The molecule has 1 fully saturated rings. The van der Waals surface area contributed by atoms with Crippen LogP contribution in [0.3, 0.4) is 0 Å². The zero-order valence-electron chi connectivity index (χ0n) is 16.9. The van der Waals surface area contributed by atoms with Crippen LogP contribution in [-0.2, 0) is 22.9 Å². The molecule has 1 saturated heterocycles. The van der Waals surface area contributed by atoms with Crippen LogP contribution in [-0.4, -0.2) is 8.07 Å². The van der Waals surface area contributed by atoms with E-state index >= 15 is 0 Å².